The van der Waals surface area contributed by atoms with Crippen LogP contribution in [-0.2, 0) is 4.74 Å². The van der Waals surface area contributed by atoms with Gasteiger partial charge in [0.1, 0.15) is 23.7 Å². The number of para-hydroxylation sites is 2. The molecule has 0 amide bonds. The van der Waals surface area contributed by atoms with E-state index in [1.54, 1.807) is 0 Å². The number of hydrogen-bond donors (Lipinski definition) is 2. The summed E-state index contributed by atoms with van der Waals surface area (Å²) in [5.41, 5.74) is 1.85. The monoisotopic (exact) mass is 272 g/mol. The third-order valence-corrected chi connectivity index (χ3v) is 3.29. The Hall–Kier alpha value is -1.88. The summed E-state index contributed by atoms with van der Waals surface area (Å²) in [7, 11) is 0. The fourth-order valence-corrected chi connectivity index (χ4v) is 2.31. The normalized spacial score (nSPS) is 15.1. The molecule has 1 aliphatic heterocycles. The van der Waals surface area contributed by atoms with Gasteiger partial charge in [-0.15, -0.1) is 0 Å². The summed E-state index contributed by atoms with van der Waals surface area (Å²) in [6, 6.07) is 15.3. The van der Waals surface area contributed by atoms with Crippen molar-refractivity contribution in [1.29, 1.82) is 0 Å². The molecule has 4 nitrogen and oxygen atoms in total. The molecule has 0 spiro atoms. The lowest BCUT2D eigenvalue weighted by molar-refractivity contribution is -0.0191. The smallest absolute Gasteiger partial charge is 0.133 e. The van der Waals surface area contributed by atoms with Crippen LogP contribution in [0.15, 0.2) is 48.5 Å². The molecule has 0 fully saturated rings. The summed E-state index contributed by atoms with van der Waals surface area (Å²) in [4.78, 5) is 0. The highest BCUT2D eigenvalue weighted by molar-refractivity contribution is 5.51. The zero-order valence-corrected chi connectivity index (χ0v) is 10.9. The highest BCUT2D eigenvalue weighted by atomic mass is 16.5. The van der Waals surface area contributed by atoms with Gasteiger partial charge in [0.25, 0.3) is 0 Å². The molecular formula is C16H16O4. The van der Waals surface area contributed by atoms with Crippen LogP contribution in [0.1, 0.15) is 17.2 Å². The number of aliphatic hydroxyl groups excluding tert-OH is 2. The second kappa shape index (κ2) is 5.63. The topological polar surface area (TPSA) is 58.9 Å². The van der Waals surface area contributed by atoms with Crippen LogP contribution in [0.5, 0.6) is 11.5 Å². The molecule has 1 heterocycles. The van der Waals surface area contributed by atoms with E-state index in [0.29, 0.717) is 0 Å². The molecular weight excluding hydrogens is 256 g/mol. The molecule has 2 N–H and O–H groups in total. The van der Waals surface area contributed by atoms with Crippen LogP contribution in [0.2, 0.25) is 0 Å². The molecule has 0 aliphatic carbocycles. The fraction of sp³-hybridized carbons (Fsp3) is 0.250. The van der Waals surface area contributed by atoms with E-state index < -0.39 is 6.10 Å². The van der Waals surface area contributed by atoms with E-state index in [1.165, 1.54) is 0 Å². The Balaban J connectivity index is 1.95. The molecule has 20 heavy (non-hydrogen) atoms. The van der Waals surface area contributed by atoms with Crippen molar-refractivity contribution in [2.45, 2.75) is 12.2 Å². The molecule has 104 valence electrons. The second-order valence-electron chi connectivity index (χ2n) is 4.73. The van der Waals surface area contributed by atoms with Crippen LogP contribution in [0.3, 0.4) is 0 Å². The number of ether oxygens (including phenoxy) is 2. The maximum absolute atomic E-state index is 9.48. The van der Waals surface area contributed by atoms with Gasteiger partial charge in [0.15, 0.2) is 0 Å². The van der Waals surface area contributed by atoms with Gasteiger partial charge in [-0.1, -0.05) is 36.4 Å². The Morgan fingerprint density at radius 1 is 1.00 bits per heavy atom. The average molecular weight is 272 g/mol. The molecule has 0 bridgehead atoms. The zero-order valence-electron chi connectivity index (χ0n) is 10.9. The van der Waals surface area contributed by atoms with Gasteiger partial charge in [-0.3, -0.25) is 0 Å². The van der Waals surface area contributed by atoms with Crippen molar-refractivity contribution in [3.8, 4) is 11.5 Å². The summed E-state index contributed by atoms with van der Waals surface area (Å²) < 4.78 is 11.6. The van der Waals surface area contributed by atoms with Crippen molar-refractivity contribution < 1.29 is 19.7 Å². The van der Waals surface area contributed by atoms with Crippen molar-refractivity contribution in [3.05, 3.63) is 59.7 Å². The lowest BCUT2D eigenvalue weighted by Crippen LogP contribution is -2.23. The van der Waals surface area contributed by atoms with Gasteiger partial charge in [0.05, 0.1) is 13.2 Å². The predicted molar refractivity (Wildman–Crippen MR) is 73.8 cm³/mol. The first-order valence-electron chi connectivity index (χ1n) is 6.56. The van der Waals surface area contributed by atoms with Crippen LogP contribution in [-0.4, -0.2) is 29.5 Å². The highest BCUT2D eigenvalue weighted by Gasteiger charge is 2.27. The first-order chi connectivity index (χ1) is 9.79. The number of benzene rings is 2. The minimum absolute atomic E-state index is 0.0732. The number of hydrogen-bond acceptors (Lipinski definition) is 4. The molecule has 0 saturated carbocycles. The molecule has 0 aromatic heterocycles. The quantitative estimate of drug-likeness (QED) is 0.896. The number of fused-ring (bicyclic) bond motifs is 2. The van der Waals surface area contributed by atoms with E-state index in [9.17, 15) is 5.11 Å². The van der Waals surface area contributed by atoms with Crippen LogP contribution in [0, 0.1) is 0 Å². The number of rotatable bonds is 4. The molecule has 1 unspecified atom stereocenters. The Morgan fingerprint density at radius 3 is 2.10 bits per heavy atom. The fourth-order valence-electron chi connectivity index (χ4n) is 2.31. The lowest BCUT2D eigenvalue weighted by atomic mass is 9.97. The predicted octanol–water partition coefficient (Wildman–Crippen LogP) is 2.25. The third-order valence-electron chi connectivity index (χ3n) is 3.29. The summed E-state index contributed by atoms with van der Waals surface area (Å²) in [6.07, 6.45) is -1.17. The summed E-state index contributed by atoms with van der Waals surface area (Å²) in [5.74, 6) is 1.52. The first-order valence-corrected chi connectivity index (χ1v) is 6.56. The van der Waals surface area contributed by atoms with Crippen LogP contribution in [0.4, 0.5) is 0 Å². The molecule has 2 aromatic carbocycles. The second-order valence-corrected chi connectivity index (χ2v) is 4.73. The van der Waals surface area contributed by atoms with Crippen molar-refractivity contribution in [2.24, 2.45) is 0 Å². The van der Waals surface area contributed by atoms with E-state index in [4.69, 9.17) is 14.6 Å². The maximum Gasteiger partial charge on any atom is 0.133 e. The van der Waals surface area contributed by atoms with Gasteiger partial charge in [0.2, 0.25) is 0 Å². The molecule has 1 atom stereocenters. The van der Waals surface area contributed by atoms with Crippen molar-refractivity contribution in [3.63, 3.8) is 0 Å². The number of aliphatic hydroxyl groups is 2. The van der Waals surface area contributed by atoms with E-state index in [1.807, 2.05) is 48.5 Å². The van der Waals surface area contributed by atoms with E-state index in [2.05, 4.69) is 0 Å². The van der Waals surface area contributed by atoms with E-state index in [0.717, 1.165) is 22.6 Å². The Bertz CT molecular complexity index is 551. The highest BCUT2D eigenvalue weighted by Crippen LogP contribution is 2.44. The largest absolute Gasteiger partial charge is 0.457 e. The summed E-state index contributed by atoms with van der Waals surface area (Å²) >= 11 is 0. The molecule has 1 aliphatic rings. The zero-order chi connectivity index (χ0) is 13.9. The molecule has 3 rings (SSSR count). The van der Waals surface area contributed by atoms with Crippen LogP contribution in [0.25, 0.3) is 0 Å². The van der Waals surface area contributed by atoms with Crippen molar-refractivity contribution >= 4 is 0 Å². The third kappa shape index (κ3) is 2.41. The Kier molecular flexibility index (Phi) is 3.69. The molecule has 4 heteroatoms. The molecule has 2 aromatic rings. The van der Waals surface area contributed by atoms with Crippen molar-refractivity contribution in [1.82, 2.24) is 0 Å². The lowest BCUT2D eigenvalue weighted by Gasteiger charge is -2.28. The molecule has 0 radical (unpaired) electrons. The Morgan fingerprint density at radius 2 is 1.55 bits per heavy atom. The minimum atomic E-state index is -0.878. The van der Waals surface area contributed by atoms with E-state index in [-0.39, 0.29) is 19.3 Å². The standard InChI is InChI=1S/C16H16O4/c17-9-11(18)10-19-16-12-5-1-3-7-14(12)20-15-8-4-2-6-13(15)16/h1-8,11,16-18H,9-10H2. The molecule has 0 saturated heterocycles. The van der Waals surface area contributed by atoms with Gasteiger partial charge >= 0.3 is 0 Å². The maximum atomic E-state index is 9.48. The van der Waals surface area contributed by atoms with Crippen LogP contribution >= 0.6 is 0 Å². The van der Waals surface area contributed by atoms with Gasteiger partial charge in [-0.2, -0.15) is 0 Å². The van der Waals surface area contributed by atoms with Gasteiger partial charge in [-0.05, 0) is 12.1 Å². The van der Waals surface area contributed by atoms with Gasteiger partial charge in [0, 0.05) is 11.1 Å². The summed E-state index contributed by atoms with van der Waals surface area (Å²) in [6.45, 7) is -0.240. The Labute approximate surface area is 117 Å². The summed E-state index contributed by atoms with van der Waals surface area (Å²) in [5, 5.41) is 18.4. The minimum Gasteiger partial charge on any atom is -0.457 e. The van der Waals surface area contributed by atoms with Crippen LogP contribution < -0.4 is 4.74 Å². The average Bonchev–Trinajstić information content (AvgIpc) is 2.51. The van der Waals surface area contributed by atoms with Gasteiger partial charge < -0.3 is 19.7 Å². The van der Waals surface area contributed by atoms with Crippen molar-refractivity contribution in [2.75, 3.05) is 13.2 Å². The first kappa shape index (κ1) is 13.1. The van der Waals surface area contributed by atoms with Gasteiger partial charge in [-0.25, -0.2) is 0 Å². The SMILES string of the molecule is OCC(O)COC1c2ccccc2Oc2ccccc21. The van der Waals surface area contributed by atoms with E-state index >= 15 is 0 Å².